The topological polar surface area (TPSA) is 77.2 Å². The van der Waals surface area contributed by atoms with E-state index in [0.717, 1.165) is 67.0 Å². The molecule has 0 spiro atoms. The van der Waals surface area contributed by atoms with Crippen LogP contribution in [0.15, 0.2) is 42.7 Å². The maximum absolute atomic E-state index is 12.7. The molecule has 0 aliphatic carbocycles. The Hall–Kier alpha value is -2.93. The molecule has 0 bridgehead atoms. The van der Waals surface area contributed by atoms with E-state index in [0.29, 0.717) is 12.5 Å². The highest BCUT2D eigenvalue weighted by molar-refractivity contribution is 5.98. The Kier molecular flexibility index (Phi) is 4.89. The molecule has 7 nitrogen and oxygen atoms in total. The van der Waals surface area contributed by atoms with Gasteiger partial charge in [-0.15, -0.1) is 0 Å². The average Bonchev–Trinajstić information content (AvgIpc) is 3.45. The van der Waals surface area contributed by atoms with E-state index in [4.69, 9.17) is 0 Å². The summed E-state index contributed by atoms with van der Waals surface area (Å²) < 4.78 is 0. The summed E-state index contributed by atoms with van der Waals surface area (Å²) in [5.74, 6) is 0.274. The molecule has 29 heavy (non-hydrogen) atoms. The molecule has 1 atom stereocenters. The molecule has 0 radical (unpaired) electrons. The molecule has 2 aliphatic heterocycles. The van der Waals surface area contributed by atoms with Gasteiger partial charge in [-0.05, 0) is 24.9 Å². The molecule has 2 N–H and O–H groups in total. The van der Waals surface area contributed by atoms with Gasteiger partial charge in [0.15, 0.2) is 5.65 Å². The maximum atomic E-state index is 12.7. The molecule has 5 rings (SSSR count). The summed E-state index contributed by atoms with van der Waals surface area (Å²) in [7, 11) is 0. The zero-order valence-corrected chi connectivity index (χ0v) is 16.5. The first-order valence-electron chi connectivity index (χ1n) is 10.4. The van der Waals surface area contributed by atoms with Gasteiger partial charge >= 0.3 is 0 Å². The monoisotopic (exact) mass is 390 g/mol. The van der Waals surface area contributed by atoms with E-state index in [-0.39, 0.29) is 5.91 Å². The number of piperazine rings is 1. The molecule has 150 valence electrons. The van der Waals surface area contributed by atoms with Crippen LogP contribution < -0.4 is 10.2 Å². The number of H-pyrrole nitrogens is 1. The molecule has 2 saturated heterocycles. The van der Waals surface area contributed by atoms with Crippen molar-refractivity contribution in [2.24, 2.45) is 0 Å². The molecule has 7 heteroatoms. The minimum absolute atomic E-state index is 0.274. The Morgan fingerprint density at radius 3 is 2.69 bits per heavy atom. The van der Waals surface area contributed by atoms with Gasteiger partial charge in [-0.3, -0.25) is 9.89 Å². The van der Waals surface area contributed by atoms with Crippen molar-refractivity contribution in [2.75, 3.05) is 37.6 Å². The van der Waals surface area contributed by atoms with Crippen LogP contribution in [-0.4, -0.2) is 64.8 Å². The first-order chi connectivity index (χ1) is 14.3. The second kappa shape index (κ2) is 7.83. The molecule has 2 aliphatic rings. The molecule has 3 aromatic rings. The van der Waals surface area contributed by atoms with E-state index < -0.39 is 0 Å². The van der Waals surface area contributed by atoms with Crippen LogP contribution in [0.5, 0.6) is 0 Å². The third kappa shape index (κ3) is 3.58. The Balaban J connectivity index is 1.37. The molecule has 1 amide bonds. The molecule has 0 saturated carbocycles. The van der Waals surface area contributed by atoms with Crippen molar-refractivity contribution in [3.63, 3.8) is 0 Å². The Bertz CT molecular complexity index is 987. The normalized spacial score (nSPS) is 19.8. The van der Waals surface area contributed by atoms with Crippen LogP contribution in [0.25, 0.3) is 22.2 Å². The lowest BCUT2D eigenvalue weighted by molar-refractivity contribution is -0.131. The highest BCUT2D eigenvalue weighted by Gasteiger charge is 2.27. The van der Waals surface area contributed by atoms with Crippen molar-refractivity contribution in [2.45, 2.75) is 25.3 Å². The first-order valence-corrected chi connectivity index (χ1v) is 10.4. The van der Waals surface area contributed by atoms with Gasteiger partial charge in [-0.2, -0.15) is 5.10 Å². The van der Waals surface area contributed by atoms with Crippen LogP contribution in [0.2, 0.25) is 0 Å². The van der Waals surface area contributed by atoms with Crippen molar-refractivity contribution >= 4 is 22.6 Å². The minimum Gasteiger partial charge on any atom is -0.367 e. The Labute approximate surface area is 170 Å². The number of benzene rings is 1. The number of rotatable bonds is 4. The van der Waals surface area contributed by atoms with E-state index in [1.165, 1.54) is 6.42 Å². The number of carbonyl (C=O) groups excluding carboxylic acids is 1. The zero-order chi connectivity index (χ0) is 19.6. The third-order valence-corrected chi connectivity index (χ3v) is 6.07. The SMILES string of the molecule is O=C(C[C@H]1CCCN1)N1CCN(c2c(-c3ccccc3)cnc3[nH]ncc23)CC1. The smallest absolute Gasteiger partial charge is 0.224 e. The number of fused-ring (bicyclic) bond motifs is 1. The van der Waals surface area contributed by atoms with Gasteiger partial charge in [0.05, 0.1) is 17.3 Å². The first kappa shape index (κ1) is 18.1. The molecule has 2 fully saturated rings. The van der Waals surface area contributed by atoms with E-state index in [1.54, 1.807) is 0 Å². The fourth-order valence-electron chi connectivity index (χ4n) is 4.51. The van der Waals surface area contributed by atoms with Crippen LogP contribution >= 0.6 is 0 Å². The summed E-state index contributed by atoms with van der Waals surface area (Å²) in [6.45, 7) is 4.17. The van der Waals surface area contributed by atoms with Gasteiger partial charge < -0.3 is 15.1 Å². The summed E-state index contributed by atoms with van der Waals surface area (Å²) in [5, 5.41) is 11.7. The van der Waals surface area contributed by atoms with Crippen LogP contribution in [-0.2, 0) is 4.79 Å². The lowest BCUT2D eigenvalue weighted by Crippen LogP contribution is -2.49. The number of amides is 1. The summed E-state index contributed by atoms with van der Waals surface area (Å²) in [4.78, 5) is 21.7. The number of carbonyl (C=O) groups is 1. The van der Waals surface area contributed by atoms with E-state index in [1.807, 2.05) is 35.5 Å². The van der Waals surface area contributed by atoms with Gasteiger partial charge in [0.2, 0.25) is 5.91 Å². The Morgan fingerprint density at radius 2 is 1.93 bits per heavy atom. The van der Waals surface area contributed by atoms with Gasteiger partial charge in [0.25, 0.3) is 0 Å². The molecule has 2 aromatic heterocycles. The fourth-order valence-corrected chi connectivity index (χ4v) is 4.51. The molecular weight excluding hydrogens is 364 g/mol. The van der Waals surface area contributed by atoms with Crippen molar-refractivity contribution < 1.29 is 4.79 Å². The molecule has 4 heterocycles. The summed E-state index contributed by atoms with van der Waals surface area (Å²) in [6.07, 6.45) is 6.69. The number of aromatic nitrogens is 3. The van der Waals surface area contributed by atoms with Gasteiger partial charge in [0, 0.05) is 50.4 Å². The number of nitrogens with zero attached hydrogens (tertiary/aromatic N) is 4. The number of pyridine rings is 1. The summed E-state index contributed by atoms with van der Waals surface area (Å²) in [5.41, 5.74) is 4.20. The Morgan fingerprint density at radius 1 is 1.10 bits per heavy atom. The maximum Gasteiger partial charge on any atom is 0.224 e. The quantitative estimate of drug-likeness (QED) is 0.715. The molecular formula is C22H26N6O. The predicted octanol–water partition coefficient (Wildman–Crippen LogP) is 2.42. The van der Waals surface area contributed by atoms with Crippen LogP contribution in [0.4, 0.5) is 5.69 Å². The second-order valence-corrected chi connectivity index (χ2v) is 7.88. The van der Waals surface area contributed by atoms with Gasteiger partial charge in [-0.25, -0.2) is 4.98 Å². The summed E-state index contributed by atoms with van der Waals surface area (Å²) >= 11 is 0. The number of aromatic amines is 1. The summed E-state index contributed by atoms with van der Waals surface area (Å²) in [6, 6.07) is 10.7. The zero-order valence-electron chi connectivity index (χ0n) is 16.5. The van der Waals surface area contributed by atoms with Crippen LogP contribution in [0, 0.1) is 0 Å². The second-order valence-electron chi connectivity index (χ2n) is 7.88. The highest BCUT2D eigenvalue weighted by atomic mass is 16.2. The standard InChI is InChI=1S/C22H26N6O/c29-20(13-17-7-4-8-23-17)27-9-11-28(12-10-27)21-18(16-5-2-1-3-6-16)14-24-22-19(21)15-25-26-22/h1-3,5-6,14-15,17,23H,4,7-13H2,(H,24,25,26)/t17-/m1/s1. The number of anilines is 1. The van der Waals surface area contributed by atoms with E-state index >= 15 is 0 Å². The van der Waals surface area contributed by atoms with E-state index in [2.05, 4.69) is 37.5 Å². The predicted molar refractivity (Wildman–Crippen MR) is 114 cm³/mol. The lowest BCUT2D eigenvalue weighted by atomic mass is 10.0. The largest absolute Gasteiger partial charge is 0.367 e. The number of nitrogens with one attached hydrogen (secondary N) is 2. The van der Waals surface area contributed by atoms with Crippen molar-refractivity contribution in [1.29, 1.82) is 0 Å². The lowest BCUT2D eigenvalue weighted by Gasteiger charge is -2.37. The van der Waals surface area contributed by atoms with Crippen LogP contribution in [0.3, 0.4) is 0 Å². The highest BCUT2D eigenvalue weighted by Crippen LogP contribution is 2.36. The minimum atomic E-state index is 0.274. The number of hydrogen-bond acceptors (Lipinski definition) is 5. The van der Waals surface area contributed by atoms with E-state index in [9.17, 15) is 4.79 Å². The van der Waals surface area contributed by atoms with Crippen molar-refractivity contribution in [3.8, 4) is 11.1 Å². The van der Waals surface area contributed by atoms with Crippen LogP contribution in [0.1, 0.15) is 19.3 Å². The fraction of sp³-hybridized carbons (Fsp3) is 0.409. The molecule has 1 aromatic carbocycles. The third-order valence-electron chi connectivity index (χ3n) is 6.07. The van der Waals surface area contributed by atoms with Crippen molar-refractivity contribution in [1.82, 2.24) is 25.4 Å². The molecule has 0 unspecified atom stereocenters. The van der Waals surface area contributed by atoms with Gasteiger partial charge in [-0.1, -0.05) is 30.3 Å². The number of hydrogen-bond donors (Lipinski definition) is 2. The average molecular weight is 390 g/mol. The van der Waals surface area contributed by atoms with Gasteiger partial charge in [0.1, 0.15) is 0 Å². The van der Waals surface area contributed by atoms with Crippen molar-refractivity contribution in [3.05, 3.63) is 42.7 Å².